The van der Waals surface area contributed by atoms with Crippen molar-refractivity contribution in [2.75, 3.05) is 6.61 Å². The van der Waals surface area contributed by atoms with Crippen LogP contribution in [0.4, 0.5) is 13.2 Å². The second-order valence-electron chi connectivity index (χ2n) is 6.33. The van der Waals surface area contributed by atoms with Crippen LogP contribution in [0.2, 0.25) is 0 Å². The summed E-state index contributed by atoms with van der Waals surface area (Å²) in [6, 6.07) is 13.2. The summed E-state index contributed by atoms with van der Waals surface area (Å²) >= 11 is 3.32. The van der Waals surface area contributed by atoms with Crippen LogP contribution in [-0.2, 0) is 10.9 Å². The van der Waals surface area contributed by atoms with E-state index in [2.05, 4.69) is 25.9 Å². The Labute approximate surface area is 171 Å². The minimum atomic E-state index is -4.71. The number of benzene rings is 2. The smallest absolute Gasteiger partial charge is 0.434 e. The van der Waals surface area contributed by atoms with Gasteiger partial charge in [-0.1, -0.05) is 46.3 Å². The van der Waals surface area contributed by atoms with Gasteiger partial charge in [0.05, 0.1) is 17.6 Å². The molecule has 148 valence electrons. The predicted molar refractivity (Wildman–Crippen MR) is 108 cm³/mol. The van der Waals surface area contributed by atoms with Crippen molar-refractivity contribution in [2.24, 2.45) is 0 Å². The molecule has 8 heteroatoms. The Hall–Kier alpha value is -2.87. The Morgan fingerprint density at radius 1 is 1.14 bits per heavy atom. The van der Waals surface area contributed by atoms with E-state index in [9.17, 15) is 18.0 Å². The molecule has 2 aromatic carbocycles. The minimum absolute atomic E-state index is 0.0344. The number of aromatic amines is 1. The summed E-state index contributed by atoms with van der Waals surface area (Å²) in [5.74, 6) is -0.723. The van der Waals surface area contributed by atoms with Gasteiger partial charge in [-0.25, -0.2) is 9.78 Å². The van der Waals surface area contributed by atoms with E-state index in [0.717, 1.165) is 4.47 Å². The number of rotatable bonds is 3. The summed E-state index contributed by atoms with van der Waals surface area (Å²) in [6.45, 7) is 1.73. The molecule has 29 heavy (non-hydrogen) atoms. The average molecular weight is 463 g/mol. The van der Waals surface area contributed by atoms with Gasteiger partial charge in [0.2, 0.25) is 0 Å². The standard InChI is InChI=1S/C21H14BrF3N2O2/c1-2-29-20(28)18-15(11-7-9-12(22)10-8-11)16-17(27-18)13-5-3-4-6-14(13)26-19(16)21(23,24)25/h3-10,27H,2H2,1H3. The average Bonchev–Trinajstić information content (AvgIpc) is 3.08. The highest BCUT2D eigenvalue weighted by Crippen LogP contribution is 2.43. The second-order valence-corrected chi connectivity index (χ2v) is 7.24. The summed E-state index contributed by atoms with van der Waals surface area (Å²) in [6.07, 6.45) is -4.71. The number of hydrogen-bond acceptors (Lipinski definition) is 3. The number of ether oxygens (including phenoxy) is 1. The molecule has 0 amide bonds. The van der Waals surface area contributed by atoms with Crippen LogP contribution in [0.1, 0.15) is 23.1 Å². The highest BCUT2D eigenvalue weighted by atomic mass is 79.9. The van der Waals surface area contributed by atoms with Gasteiger partial charge in [0, 0.05) is 20.8 Å². The number of H-pyrrole nitrogens is 1. The van der Waals surface area contributed by atoms with E-state index in [4.69, 9.17) is 4.74 Å². The molecule has 0 aliphatic rings. The van der Waals surface area contributed by atoms with Gasteiger partial charge in [0.15, 0.2) is 5.69 Å². The molecule has 4 nitrogen and oxygen atoms in total. The summed E-state index contributed by atoms with van der Waals surface area (Å²) < 4.78 is 47.8. The molecule has 0 fully saturated rings. The molecule has 0 aliphatic heterocycles. The SMILES string of the molecule is CCOC(=O)c1[nH]c2c(c(C(F)(F)F)nc3ccccc32)c1-c1ccc(Br)cc1. The number of aromatic nitrogens is 2. The third-order valence-corrected chi connectivity index (χ3v) is 5.05. The molecule has 0 aliphatic carbocycles. The number of fused-ring (bicyclic) bond motifs is 3. The molecule has 2 aromatic heterocycles. The monoisotopic (exact) mass is 462 g/mol. The van der Waals surface area contributed by atoms with Gasteiger partial charge in [-0.3, -0.25) is 0 Å². The number of esters is 1. The number of pyridine rings is 1. The Kier molecular flexibility index (Phi) is 4.82. The summed E-state index contributed by atoms with van der Waals surface area (Å²) in [5.41, 5.74) is -0.124. The van der Waals surface area contributed by atoms with Crippen LogP contribution in [0.25, 0.3) is 32.9 Å². The number of nitrogens with one attached hydrogen (secondary N) is 1. The normalized spacial score (nSPS) is 11.9. The number of para-hydroxylation sites is 1. The first-order chi connectivity index (χ1) is 13.8. The van der Waals surface area contributed by atoms with Crippen LogP contribution < -0.4 is 0 Å². The number of carbonyl (C=O) groups is 1. The van der Waals surface area contributed by atoms with Crippen LogP contribution >= 0.6 is 15.9 Å². The Morgan fingerprint density at radius 3 is 2.48 bits per heavy atom. The maximum atomic E-state index is 14.0. The number of alkyl halides is 3. The Morgan fingerprint density at radius 2 is 1.83 bits per heavy atom. The van der Waals surface area contributed by atoms with Crippen molar-refractivity contribution in [3.63, 3.8) is 0 Å². The van der Waals surface area contributed by atoms with E-state index < -0.39 is 17.8 Å². The summed E-state index contributed by atoms with van der Waals surface area (Å²) in [5, 5.41) is 0.339. The van der Waals surface area contributed by atoms with Crippen LogP contribution in [0.15, 0.2) is 53.0 Å². The molecule has 2 heterocycles. The van der Waals surface area contributed by atoms with Gasteiger partial charge in [-0.2, -0.15) is 13.2 Å². The van der Waals surface area contributed by atoms with E-state index in [1.807, 2.05) is 0 Å². The van der Waals surface area contributed by atoms with Gasteiger partial charge in [-0.05, 0) is 30.7 Å². The van der Waals surface area contributed by atoms with E-state index in [-0.39, 0.29) is 34.3 Å². The molecule has 4 aromatic rings. The van der Waals surface area contributed by atoms with E-state index in [1.165, 1.54) is 6.07 Å². The maximum absolute atomic E-state index is 14.0. The molecule has 4 rings (SSSR count). The Bertz CT molecular complexity index is 1230. The molecule has 0 saturated carbocycles. The predicted octanol–water partition coefficient (Wildman–Crippen LogP) is 6.34. The van der Waals surface area contributed by atoms with Crippen molar-refractivity contribution in [1.29, 1.82) is 0 Å². The zero-order chi connectivity index (χ0) is 20.8. The van der Waals surface area contributed by atoms with Crippen LogP contribution in [0.3, 0.4) is 0 Å². The molecular formula is C21H14BrF3N2O2. The molecule has 0 radical (unpaired) electrons. The number of halogens is 4. The van der Waals surface area contributed by atoms with Gasteiger partial charge >= 0.3 is 12.1 Å². The van der Waals surface area contributed by atoms with Crippen molar-refractivity contribution >= 4 is 43.7 Å². The first kappa shape index (κ1) is 19.4. The van der Waals surface area contributed by atoms with Crippen LogP contribution in [0, 0.1) is 0 Å². The zero-order valence-corrected chi connectivity index (χ0v) is 16.7. The van der Waals surface area contributed by atoms with E-state index in [1.54, 1.807) is 49.4 Å². The first-order valence-corrected chi connectivity index (χ1v) is 9.55. The van der Waals surface area contributed by atoms with Crippen molar-refractivity contribution in [1.82, 2.24) is 9.97 Å². The topological polar surface area (TPSA) is 55.0 Å². The lowest BCUT2D eigenvalue weighted by Crippen LogP contribution is -2.09. The van der Waals surface area contributed by atoms with Crippen molar-refractivity contribution in [3.8, 4) is 11.1 Å². The summed E-state index contributed by atoms with van der Waals surface area (Å²) in [7, 11) is 0. The van der Waals surface area contributed by atoms with Crippen molar-refractivity contribution < 1.29 is 22.7 Å². The van der Waals surface area contributed by atoms with E-state index in [0.29, 0.717) is 10.9 Å². The number of carbonyl (C=O) groups excluding carboxylic acids is 1. The third kappa shape index (κ3) is 3.37. The largest absolute Gasteiger partial charge is 0.461 e. The highest BCUT2D eigenvalue weighted by molar-refractivity contribution is 9.10. The fraction of sp³-hybridized carbons (Fsp3) is 0.143. The molecule has 0 unspecified atom stereocenters. The van der Waals surface area contributed by atoms with Gasteiger partial charge in [0.25, 0.3) is 0 Å². The first-order valence-electron chi connectivity index (χ1n) is 8.76. The van der Waals surface area contributed by atoms with E-state index >= 15 is 0 Å². The quantitative estimate of drug-likeness (QED) is 0.361. The van der Waals surface area contributed by atoms with Gasteiger partial charge in [-0.15, -0.1) is 0 Å². The van der Waals surface area contributed by atoms with Crippen LogP contribution in [0.5, 0.6) is 0 Å². The molecule has 0 atom stereocenters. The zero-order valence-electron chi connectivity index (χ0n) is 15.1. The minimum Gasteiger partial charge on any atom is -0.461 e. The molecule has 0 saturated heterocycles. The lowest BCUT2D eigenvalue weighted by atomic mass is 9.99. The number of hydrogen-bond donors (Lipinski definition) is 1. The Balaban J connectivity index is 2.20. The molecular weight excluding hydrogens is 449 g/mol. The van der Waals surface area contributed by atoms with Gasteiger partial charge < -0.3 is 9.72 Å². The summed E-state index contributed by atoms with van der Waals surface area (Å²) in [4.78, 5) is 19.4. The second kappa shape index (κ2) is 7.18. The maximum Gasteiger partial charge on any atom is 0.434 e. The van der Waals surface area contributed by atoms with Crippen molar-refractivity contribution in [2.45, 2.75) is 13.1 Å². The van der Waals surface area contributed by atoms with Gasteiger partial charge in [0.1, 0.15) is 5.69 Å². The lowest BCUT2D eigenvalue weighted by molar-refractivity contribution is -0.139. The number of nitrogens with zero attached hydrogens (tertiary/aromatic N) is 1. The van der Waals surface area contributed by atoms with Crippen LogP contribution in [-0.4, -0.2) is 22.5 Å². The fourth-order valence-corrected chi connectivity index (χ4v) is 3.63. The molecule has 0 spiro atoms. The molecule has 0 bridgehead atoms. The molecule has 1 N–H and O–H groups in total. The van der Waals surface area contributed by atoms with Crippen molar-refractivity contribution in [3.05, 3.63) is 64.4 Å². The third-order valence-electron chi connectivity index (χ3n) is 4.52. The lowest BCUT2D eigenvalue weighted by Gasteiger charge is -2.12. The fourth-order valence-electron chi connectivity index (χ4n) is 3.36. The highest BCUT2D eigenvalue weighted by Gasteiger charge is 2.38.